The highest BCUT2D eigenvalue weighted by Gasteiger charge is 2.17. The van der Waals surface area contributed by atoms with Crippen LogP contribution in [0.1, 0.15) is 26.2 Å². The number of aromatic nitrogens is 1. The van der Waals surface area contributed by atoms with Crippen LogP contribution in [-0.4, -0.2) is 55.2 Å². The molecule has 0 atom stereocenters. The van der Waals surface area contributed by atoms with Crippen molar-refractivity contribution in [2.24, 2.45) is 10.9 Å². The fourth-order valence-electron chi connectivity index (χ4n) is 3.03. The minimum Gasteiger partial charge on any atom is -0.356 e. The Morgan fingerprint density at radius 3 is 2.45 bits per heavy atom. The summed E-state index contributed by atoms with van der Waals surface area (Å²) in [6, 6.07) is 4.10. The first-order valence-corrected chi connectivity index (χ1v) is 8.59. The zero-order chi connectivity index (χ0) is 15.6. The van der Waals surface area contributed by atoms with E-state index >= 15 is 0 Å². The number of rotatable bonds is 7. The summed E-state index contributed by atoms with van der Waals surface area (Å²) < 4.78 is 2.17. The van der Waals surface area contributed by atoms with Crippen molar-refractivity contribution in [2.75, 3.05) is 39.8 Å². The molecule has 5 heteroatoms. The van der Waals surface area contributed by atoms with E-state index in [1.807, 2.05) is 7.05 Å². The molecule has 0 saturated carbocycles. The topological polar surface area (TPSA) is 44.6 Å². The quantitative estimate of drug-likeness (QED) is 0.596. The minimum atomic E-state index is 0.869. The fourth-order valence-corrected chi connectivity index (χ4v) is 3.03. The van der Waals surface area contributed by atoms with Gasteiger partial charge in [-0.3, -0.25) is 4.99 Å². The van der Waals surface area contributed by atoms with Crippen molar-refractivity contribution >= 4 is 5.96 Å². The third kappa shape index (κ3) is 5.72. The van der Waals surface area contributed by atoms with Gasteiger partial charge in [-0.15, -0.1) is 0 Å². The van der Waals surface area contributed by atoms with Crippen LogP contribution in [0.25, 0.3) is 0 Å². The van der Waals surface area contributed by atoms with Gasteiger partial charge in [-0.05, 0) is 56.9 Å². The van der Waals surface area contributed by atoms with Gasteiger partial charge in [-0.2, -0.15) is 0 Å². The molecule has 1 aliphatic heterocycles. The van der Waals surface area contributed by atoms with Crippen molar-refractivity contribution in [1.29, 1.82) is 0 Å². The van der Waals surface area contributed by atoms with Crippen LogP contribution in [0.5, 0.6) is 0 Å². The Morgan fingerprint density at radius 1 is 1.14 bits per heavy atom. The van der Waals surface area contributed by atoms with Gasteiger partial charge in [-0.25, -0.2) is 0 Å². The number of piperidine rings is 1. The molecule has 0 radical (unpaired) electrons. The molecular weight excluding hydrogens is 274 g/mol. The first-order valence-electron chi connectivity index (χ1n) is 8.59. The van der Waals surface area contributed by atoms with Gasteiger partial charge in [0.05, 0.1) is 0 Å². The van der Waals surface area contributed by atoms with E-state index in [2.05, 4.69) is 56.5 Å². The molecule has 2 rings (SSSR count). The lowest BCUT2D eigenvalue weighted by Gasteiger charge is -2.31. The Bertz CT molecular complexity index is 418. The van der Waals surface area contributed by atoms with Gasteiger partial charge in [0.15, 0.2) is 5.96 Å². The molecule has 0 amide bonds. The Morgan fingerprint density at radius 2 is 1.82 bits per heavy atom. The molecule has 0 aliphatic carbocycles. The van der Waals surface area contributed by atoms with Crippen molar-refractivity contribution in [3.05, 3.63) is 24.5 Å². The first kappa shape index (κ1) is 16.9. The van der Waals surface area contributed by atoms with Crippen LogP contribution < -0.4 is 10.6 Å². The Kier molecular flexibility index (Phi) is 7.30. The summed E-state index contributed by atoms with van der Waals surface area (Å²) in [5.41, 5.74) is 0. The Hall–Kier alpha value is -1.49. The second kappa shape index (κ2) is 9.51. The molecule has 0 bridgehead atoms. The Balaban J connectivity index is 1.56. The van der Waals surface area contributed by atoms with Crippen LogP contribution in [0, 0.1) is 5.92 Å². The summed E-state index contributed by atoms with van der Waals surface area (Å²) in [6.07, 6.45) is 8.10. The summed E-state index contributed by atoms with van der Waals surface area (Å²) in [5.74, 6) is 1.78. The summed E-state index contributed by atoms with van der Waals surface area (Å²) in [7, 11) is 1.84. The van der Waals surface area contributed by atoms with Crippen LogP contribution in [0.15, 0.2) is 29.5 Å². The van der Waals surface area contributed by atoms with E-state index in [9.17, 15) is 0 Å². The van der Waals surface area contributed by atoms with Gasteiger partial charge in [-0.1, -0.05) is 6.92 Å². The number of hydrogen-bond donors (Lipinski definition) is 2. The summed E-state index contributed by atoms with van der Waals surface area (Å²) in [6.45, 7) is 8.86. The van der Waals surface area contributed by atoms with E-state index in [1.165, 1.54) is 38.9 Å². The molecule has 2 N–H and O–H groups in total. The smallest absolute Gasteiger partial charge is 0.191 e. The lowest BCUT2D eigenvalue weighted by molar-refractivity contribution is 0.187. The maximum Gasteiger partial charge on any atom is 0.191 e. The van der Waals surface area contributed by atoms with Crippen molar-refractivity contribution in [2.45, 2.75) is 32.7 Å². The van der Waals surface area contributed by atoms with Gasteiger partial charge in [0.1, 0.15) is 0 Å². The lowest BCUT2D eigenvalue weighted by atomic mass is 9.93. The van der Waals surface area contributed by atoms with Crippen LogP contribution in [0.2, 0.25) is 0 Å². The van der Waals surface area contributed by atoms with Crippen LogP contribution >= 0.6 is 0 Å². The zero-order valence-electron chi connectivity index (χ0n) is 14.1. The van der Waals surface area contributed by atoms with E-state index in [0.29, 0.717) is 0 Å². The molecular formula is C17H31N5. The predicted molar refractivity (Wildman–Crippen MR) is 93.3 cm³/mol. The van der Waals surface area contributed by atoms with Gasteiger partial charge < -0.3 is 20.1 Å². The second-order valence-corrected chi connectivity index (χ2v) is 6.01. The van der Waals surface area contributed by atoms with Crippen molar-refractivity contribution in [3.8, 4) is 0 Å². The number of hydrogen-bond acceptors (Lipinski definition) is 2. The summed E-state index contributed by atoms with van der Waals surface area (Å²) in [4.78, 5) is 6.84. The van der Waals surface area contributed by atoms with Crippen molar-refractivity contribution in [3.63, 3.8) is 0 Å². The predicted octanol–water partition coefficient (Wildman–Crippen LogP) is 1.78. The highest BCUT2D eigenvalue weighted by molar-refractivity contribution is 5.79. The van der Waals surface area contributed by atoms with E-state index in [1.54, 1.807) is 0 Å². The number of likely N-dealkylation sites (tertiary alicyclic amines) is 1. The van der Waals surface area contributed by atoms with Crippen LogP contribution in [0.3, 0.4) is 0 Å². The van der Waals surface area contributed by atoms with E-state index in [0.717, 1.165) is 31.5 Å². The monoisotopic (exact) mass is 305 g/mol. The molecule has 0 unspecified atom stereocenters. The van der Waals surface area contributed by atoms with Gasteiger partial charge >= 0.3 is 0 Å². The molecule has 1 aromatic heterocycles. The molecule has 1 saturated heterocycles. The number of nitrogens with one attached hydrogen (secondary N) is 2. The van der Waals surface area contributed by atoms with Gasteiger partial charge in [0, 0.05) is 39.1 Å². The minimum absolute atomic E-state index is 0.869. The van der Waals surface area contributed by atoms with Crippen LogP contribution in [0.4, 0.5) is 0 Å². The van der Waals surface area contributed by atoms with Crippen molar-refractivity contribution in [1.82, 2.24) is 20.1 Å². The summed E-state index contributed by atoms with van der Waals surface area (Å²) >= 11 is 0. The number of guanidine groups is 1. The highest BCUT2D eigenvalue weighted by Crippen LogP contribution is 2.19. The second-order valence-electron chi connectivity index (χ2n) is 6.01. The van der Waals surface area contributed by atoms with Gasteiger partial charge in [0.2, 0.25) is 0 Å². The third-order valence-electron chi connectivity index (χ3n) is 4.55. The van der Waals surface area contributed by atoms with Crippen molar-refractivity contribution < 1.29 is 0 Å². The first-order chi connectivity index (χ1) is 10.8. The molecule has 1 aromatic rings. The molecule has 5 nitrogen and oxygen atoms in total. The highest BCUT2D eigenvalue weighted by atomic mass is 15.2. The lowest BCUT2D eigenvalue weighted by Crippen LogP contribution is -2.40. The number of nitrogens with zero attached hydrogens (tertiary/aromatic N) is 3. The van der Waals surface area contributed by atoms with Crippen LogP contribution in [-0.2, 0) is 6.54 Å². The largest absolute Gasteiger partial charge is 0.356 e. The molecule has 0 aromatic carbocycles. The number of aliphatic imine (C=N–C) groups is 1. The third-order valence-corrected chi connectivity index (χ3v) is 4.55. The average Bonchev–Trinajstić information content (AvgIpc) is 3.07. The van der Waals surface area contributed by atoms with Gasteiger partial charge in [0.25, 0.3) is 0 Å². The fraction of sp³-hybridized carbons (Fsp3) is 0.706. The molecule has 2 heterocycles. The van der Waals surface area contributed by atoms with E-state index in [4.69, 9.17) is 0 Å². The molecule has 1 fully saturated rings. The maximum atomic E-state index is 4.29. The molecule has 124 valence electrons. The van der Waals surface area contributed by atoms with E-state index < -0.39 is 0 Å². The summed E-state index contributed by atoms with van der Waals surface area (Å²) in [5, 5.41) is 6.81. The Labute approximate surface area is 134 Å². The molecule has 0 spiro atoms. The average molecular weight is 305 g/mol. The normalized spacial score (nSPS) is 17.6. The van der Waals surface area contributed by atoms with E-state index in [-0.39, 0.29) is 0 Å². The molecule has 22 heavy (non-hydrogen) atoms. The molecule has 1 aliphatic rings. The zero-order valence-corrected chi connectivity index (χ0v) is 14.1. The standard InChI is InChI=1S/C17H31N5/c1-3-21-13-7-16(8-14-21)6-9-19-17(18-2)20-10-15-22-11-4-5-12-22/h4-5,11-12,16H,3,6-10,13-15H2,1-2H3,(H2,18,19,20). The maximum absolute atomic E-state index is 4.29. The SMILES string of the molecule is CCN1CCC(CCNC(=NC)NCCn2cccc2)CC1.